The van der Waals surface area contributed by atoms with E-state index in [-0.39, 0.29) is 17.0 Å². The van der Waals surface area contributed by atoms with Crippen molar-refractivity contribution in [3.63, 3.8) is 0 Å². The SMILES string of the molecule is O=C(Nc1cccc(C(F)(F)F)c1)[C@H](Cc1ccccc1)NS(=O)(=O)c1ccc(Cl)cc1. The van der Waals surface area contributed by atoms with Gasteiger partial charge in [-0.2, -0.15) is 17.9 Å². The molecule has 3 aromatic rings. The minimum Gasteiger partial charge on any atom is -0.325 e. The number of hydrogen-bond donors (Lipinski definition) is 2. The highest BCUT2D eigenvalue weighted by atomic mass is 35.5. The summed E-state index contributed by atoms with van der Waals surface area (Å²) in [7, 11) is -4.11. The van der Waals surface area contributed by atoms with Crippen molar-refractivity contribution in [3.05, 3.63) is 95.0 Å². The molecule has 168 valence electrons. The third kappa shape index (κ3) is 6.32. The number of sulfonamides is 1. The molecule has 0 unspecified atom stereocenters. The number of benzene rings is 3. The summed E-state index contributed by atoms with van der Waals surface area (Å²) in [6.45, 7) is 0. The van der Waals surface area contributed by atoms with Gasteiger partial charge in [0.2, 0.25) is 15.9 Å². The van der Waals surface area contributed by atoms with Crippen LogP contribution in [0.25, 0.3) is 0 Å². The Hall–Kier alpha value is -2.88. The summed E-state index contributed by atoms with van der Waals surface area (Å²) in [6, 6.07) is 16.8. The summed E-state index contributed by atoms with van der Waals surface area (Å²) in [5.74, 6) is -0.800. The number of halogens is 4. The number of amides is 1. The Morgan fingerprint density at radius 2 is 1.59 bits per heavy atom. The molecule has 2 N–H and O–H groups in total. The average Bonchev–Trinajstić information content (AvgIpc) is 2.74. The summed E-state index contributed by atoms with van der Waals surface area (Å²) in [5.41, 5.74) is -0.374. The Bertz CT molecular complexity index is 1190. The van der Waals surface area contributed by atoms with Gasteiger partial charge in [0.05, 0.1) is 10.5 Å². The lowest BCUT2D eigenvalue weighted by molar-refractivity contribution is -0.137. The van der Waals surface area contributed by atoms with Crippen molar-refractivity contribution in [1.29, 1.82) is 0 Å². The molecule has 0 radical (unpaired) electrons. The van der Waals surface area contributed by atoms with Crippen LogP contribution in [0.1, 0.15) is 11.1 Å². The molecule has 32 heavy (non-hydrogen) atoms. The summed E-state index contributed by atoms with van der Waals surface area (Å²) < 4.78 is 66.9. The van der Waals surface area contributed by atoms with E-state index in [1.807, 2.05) is 0 Å². The van der Waals surface area contributed by atoms with Gasteiger partial charge in [0.1, 0.15) is 6.04 Å². The first-order valence-electron chi connectivity index (χ1n) is 9.34. The maximum atomic E-state index is 13.0. The Labute approximate surface area is 188 Å². The van der Waals surface area contributed by atoms with Gasteiger partial charge in [-0.05, 0) is 54.4 Å². The van der Waals surface area contributed by atoms with Crippen LogP contribution in [0, 0.1) is 0 Å². The van der Waals surface area contributed by atoms with E-state index in [0.717, 1.165) is 18.2 Å². The van der Waals surface area contributed by atoms with Gasteiger partial charge in [0.15, 0.2) is 0 Å². The molecular formula is C22H18ClF3N2O3S. The van der Waals surface area contributed by atoms with Crippen LogP contribution < -0.4 is 10.0 Å². The topological polar surface area (TPSA) is 75.3 Å². The number of carbonyl (C=O) groups excluding carboxylic acids is 1. The largest absolute Gasteiger partial charge is 0.416 e. The second-order valence-electron chi connectivity index (χ2n) is 6.89. The smallest absolute Gasteiger partial charge is 0.325 e. The second kappa shape index (κ2) is 9.72. The molecule has 0 aliphatic carbocycles. The number of alkyl halides is 3. The molecule has 0 aromatic heterocycles. The molecule has 0 bridgehead atoms. The highest BCUT2D eigenvalue weighted by Crippen LogP contribution is 2.30. The molecule has 0 saturated heterocycles. The molecule has 0 spiro atoms. The van der Waals surface area contributed by atoms with Gasteiger partial charge in [-0.1, -0.05) is 48.0 Å². The molecule has 1 amide bonds. The van der Waals surface area contributed by atoms with Gasteiger partial charge < -0.3 is 5.32 Å². The van der Waals surface area contributed by atoms with E-state index in [1.165, 1.54) is 30.3 Å². The third-order valence-electron chi connectivity index (χ3n) is 4.48. The Morgan fingerprint density at radius 3 is 2.22 bits per heavy atom. The van der Waals surface area contributed by atoms with Gasteiger partial charge in [0.25, 0.3) is 0 Å². The lowest BCUT2D eigenvalue weighted by Gasteiger charge is -2.19. The van der Waals surface area contributed by atoms with E-state index < -0.39 is 33.7 Å². The first-order chi connectivity index (χ1) is 15.0. The zero-order valence-corrected chi connectivity index (χ0v) is 18.0. The minimum atomic E-state index is -4.58. The van der Waals surface area contributed by atoms with Crippen LogP contribution in [0.2, 0.25) is 5.02 Å². The number of anilines is 1. The summed E-state index contributed by atoms with van der Waals surface area (Å²) in [4.78, 5) is 12.8. The van der Waals surface area contributed by atoms with E-state index in [1.54, 1.807) is 30.3 Å². The highest BCUT2D eigenvalue weighted by Gasteiger charge is 2.31. The van der Waals surface area contributed by atoms with Crippen LogP contribution in [0.5, 0.6) is 0 Å². The Kier molecular flexibility index (Phi) is 7.22. The van der Waals surface area contributed by atoms with Gasteiger partial charge in [0, 0.05) is 10.7 Å². The van der Waals surface area contributed by atoms with Crippen molar-refractivity contribution in [1.82, 2.24) is 4.72 Å². The molecule has 0 aliphatic rings. The van der Waals surface area contributed by atoms with Gasteiger partial charge in [-0.15, -0.1) is 0 Å². The number of hydrogen-bond acceptors (Lipinski definition) is 3. The molecule has 0 aliphatic heterocycles. The molecule has 5 nitrogen and oxygen atoms in total. The molecule has 10 heteroatoms. The summed E-state index contributed by atoms with van der Waals surface area (Å²) >= 11 is 5.80. The van der Waals surface area contributed by atoms with Crippen molar-refractivity contribution in [2.45, 2.75) is 23.5 Å². The van der Waals surface area contributed by atoms with Crippen molar-refractivity contribution in [2.24, 2.45) is 0 Å². The Morgan fingerprint density at radius 1 is 0.938 bits per heavy atom. The number of rotatable bonds is 7. The lowest BCUT2D eigenvalue weighted by Crippen LogP contribution is -2.45. The third-order valence-corrected chi connectivity index (χ3v) is 6.22. The van der Waals surface area contributed by atoms with Crippen LogP contribution in [0.15, 0.2) is 83.8 Å². The fourth-order valence-corrected chi connectivity index (χ4v) is 4.23. The molecule has 3 rings (SSSR count). The number of nitrogens with one attached hydrogen (secondary N) is 2. The quantitative estimate of drug-likeness (QED) is 0.503. The fraction of sp³-hybridized carbons (Fsp3) is 0.136. The van der Waals surface area contributed by atoms with Crippen molar-refractivity contribution in [3.8, 4) is 0 Å². The maximum absolute atomic E-state index is 13.0. The second-order valence-corrected chi connectivity index (χ2v) is 9.04. The van der Waals surface area contributed by atoms with Crippen LogP contribution in [-0.2, 0) is 27.4 Å². The molecule has 0 heterocycles. The first-order valence-corrected chi connectivity index (χ1v) is 11.2. The van der Waals surface area contributed by atoms with Crippen LogP contribution in [0.3, 0.4) is 0 Å². The highest BCUT2D eigenvalue weighted by molar-refractivity contribution is 7.89. The van der Waals surface area contributed by atoms with E-state index in [4.69, 9.17) is 11.6 Å². The summed E-state index contributed by atoms with van der Waals surface area (Å²) in [5, 5.41) is 2.71. The van der Waals surface area contributed by atoms with Crippen molar-refractivity contribution < 1.29 is 26.4 Å². The zero-order valence-electron chi connectivity index (χ0n) is 16.4. The van der Waals surface area contributed by atoms with E-state index >= 15 is 0 Å². The predicted octanol–water partition coefficient (Wildman–Crippen LogP) is 4.89. The predicted molar refractivity (Wildman–Crippen MR) is 116 cm³/mol. The fourth-order valence-electron chi connectivity index (χ4n) is 2.91. The van der Waals surface area contributed by atoms with Crippen LogP contribution in [0.4, 0.5) is 18.9 Å². The van der Waals surface area contributed by atoms with Crippen LogP contribution >= 0.6 is 11.6 Å². The number of carbonyl (C=O) groups is 1. The Balaban J connectivity index is 1.87. The van der Waals surface area contributed by atoms with Gasteiger partial charge >= 0.3 is 6.18 Å². The monoisotopic (exact) mass is 482 g/mol. The zero-order chi connectivity index (χ0) is 23.4. The van der Waals surface area contributed by atoms with Gasteiger partial charge in [-0.3, -0.25) is 4.79 Å². The molecule has 0 saturated carbocycles. The maximum Gasteiger partial charge on any atom is 0.416 e. The average molecular weight is 483 g/mol. The molecule has 3 aromatic carbocycles. The molecule has 0 fully saturated rings. The van der Waals surface area contributed by atoms with Gasteiger partial charge in [-0.25, -0.2) is 8.42 Å². The van der Waals surface area contributed by atoms with Crippen LogP contribution in [-0.4, -0.2) is 20.4 Å². The minimum absolute atomic E-state index is 0.0154. The normalized spacial score (nSPS) is 12.9. The van der Waals surface area contributed by atoms with Crippen molar-refractivity contribution in [2.75, 3.05) is 5.32 Å². The first kappa shape index (κ1) is 23.8. The lowest BCUT2D eigenvalue weighted by atomic mass is 10.1. The molecule has 1 atom stereocenters. The summed E-state index contributed by atoms with van der Waals surface area (Å²) in [6.07, 6.45) is -4.60. The van der Waals surface area contributed by atoms with Crippen molar-refractivity contribution >= 4 is 33.2 Å². The van der Waals surface area contributed by atoms with E-state index in [2.05, 4.69) is 10.0 Å². The van der Waals surface area contributed by atoms with E-state index in [9.17, 15) is 26.4 Å². The standard InChI is InChI=1S/C22H18ClF3N2O3S/c23-17-9-11-19(12-10-17)32(30,31)28-20(13-15-5-2-1-3-6-15)21(29)27-18-8-4-7-16(14-18)22(24,25)26/h1-12,14,20,28H,13H2,(H,27,29)/t20-/m0/s1. The molecular weight excluding hydrogens is 465 g/mol. The van der Waals surface area contributed by atoms with E-state index in [0.29, 0.717) is 10.6 Å².